The predicted octanol–water partition coefficient (Wildman–Crippen LogP) is 1.91. The van der Waals surface area contributed by atoms with E-state index in [0.29, 0.717) is 5.92 Å². The van der Waals surface area contributed by atoms with Gasteiger partial charge in [-0.2, -0.15) is 0 Å². The molecule has 8 atom stereocenters. The van der Waals surface area contributed by atoms with Gasteiger partial charge in [0.15, 0.2) is 30.7 Å². The normalized spacial score (nSPS) is 38.9. The Morgan fingerprint density at radius 2 is 1.39 bits per heavy atom. The molecular weight excluding hydrogens is 436 g/mol. The van der Waals surface area contributed by atoms with E-state index < -0.39 is 54.6 Å². The van der Waals surface area contributed by atoms with Crippen molar-refractivity contribution in [3.05, 3.63) is 0 Å². The van der Waals surface area contributed by atoms with Crippen LogP contribution in [0.1, 0.15) is 60.8 Å². The van der Waals surface area contributed by atoms with E-state index >= 15 is 0 Å². The second-order valence-electron chi connectivity index (χ2n) is 9.91. The highest BCUT2D eigenvalue weighted by Crippen LogP contribution is 2.66. The fourth-order valence-corrected chi connectivity index (χ4v) is 5.69. The smallest absolute Gasteiger partial charge is 0.339 e. The summed E-state index contributed by atoms with van der Waals surface area (Å²) in [7, 11) is 1.16. The van der Waals surface area contributed by atoms with E-state index in [-0.39, 0.29) is 16.9 Å². The summed E-state index contributed by atoms with van der Waals surface area (Å²) in [6.07, 6.45) is -4.08. The number of carbonyl (C=O) groups is 4. The molecule has 10 nitrogen and oxygen atoms in total. The average Bonchev–Trinajstić information content (AvgIpc) is 3.04. The number of ether oxygens (including phenoxy) is 6. The topological polar surface area (TPSA) is 124 Å². The molecule has 10 heteroatoms. The lowest BCUT2D eigenvalue weighted by Crippen LogP contribution is -2.64. The van der Waals surface area contributed by atoms with E-state index in [1.165, 1.54) is 6.92 Å². The third kappa shape index (κ3) is 4.59. The second kappa shape index (κ2) is 9.21. The molecule has 0 spiro atoms. The first-order chi connectivity index (χ1) is 15.3. The lowest BCUT2D eigenvalue weighted by atomic mass is 9.70. The summed E-state index contributed by atoms with van der Waals surface area (Å²) in [4.78, 5) is 48.2. The minimum Gasteiger partial charge on any atom is -0.467 e. The van der Waals surface area contributed by atoms with E-state index in [1.54, 1.807) is 0 Å². The molecule has 0 aromatic carbocycles. The number of fused-ring (bicyclic) bond motifs is 2. The molecule has 3 aliphatic rings. The highest BCUT2D eigenvalue weighted by atomic mass is 16.7. The van der Waals surface area contributed by atoms with E-state index in [1.807, 2.05) is 0 Å². The minimum absolute atomic E-state index is 0.0283. The van der Waals surface area contributed by atoms with Gasteiger partial charge in [0.25, 0.3) is 0 Å². The van der Waals surface area contributed by atoms with Crippen molar-refractivity contribution in [2.24, 2.45) is 16.7 Å². The maximum Gasteiger partial charge on any atom is 0.339 e. The van der Waals surface area contributed by atoms with Crippen LogP contribution in [0.25, 0.3) is 0 Å². The lowest BCUT2D eigenvalue weighted by molar-refractivity contribution is -0.317. The molecular formula is C23H34O10. The van der Waals surface area contributed by atoms with Crippen molar-refractivity contribution in [1.82, 2.24) is 0 Å². The molecule has 0 amide bonds. The number of rotatable bonds is 6. The van der Waals surface area contributed by atoms with Crippen LogP contribution in [0.2, 0.25) is 0 Å². The maximum absolute atomic E-state index is 12.6. The van der Waals surface area contributed by atoms with Crippen LogP contribution < -0.4 is 0 Å². The molecule has 1 heterocycles. The molecule has 0 N–H and O–H groups in total. The van der Waals surface area contributed by atoms with Crippen molar-refractivity contribution in [1.29, 1.82) is 0 Å². The fourth-order valence-electron chi connectivity index (χ4n) is 5.69. The quantitative estimate of drug-likeness (QED) is 0.420. The molecule has 2 bridgehead atoms. The second-order valence-corrected chi connectivity index (χ2v) is 9.91. The highest BCUT2D eigenvalue weighted by Gasteiger charge is 2.64. The third-order valence-electron chi connectivity index (χ3n) is 7.85. The summed E-state index contributed by atoms with van der Waals surface area (Å²) in [6.45, 7) is 10.1. The van der Waals surface area contributed by atoms with Gasteiger partial charge in [0.05, 0.1) is 13.2 Å². The first-order valence-electron chi connectivity index (χ1n) is 11.2. The van der Waals surface area contributed by atoms with Crippen LogP contribution in [0.4, 0.5) is 0 Å². The van der Waals surface area contributed by atoms with E-state index in [0.717, 1.165) is 40.2 Å². The predicted molar refractivity (Wildman–Crippen MR) is 111 cm³/mol. The molecule has 2 saturated carbocycles. The van der Waals surface area contributed by atoms with E-state index in [2.05, 4.69) is 20.8 Å². The van der Waals surface area contributed by atoms with E-state index in [9.17, 15) is 19.2 Å². The van der Waals surface area contributed by atoms with Crippen LogP contribution >= 0.6 is 0 Å². The van der Waals surface area contributed by atoms with Gasteiger partial charge in [0.1, 0.15) is 0 Å². The Labute approximate surface area is 193 Å². The first-order valence-corrected chi connectivity index (χ1v) is 11.2. The molecule has 1 saturated heterocycles. The molecule has 0 unspecified atom stereocenters. The van der Waals surface area contributed by atoms with Gasteiger partial charge in [-0.05, 0) is 36.0 Å². The van der Waals surface area contributed by atoms with Crippen molar-refractivity contribution >= 4 is 23.9 Å². The number of esters is 4. The van der Waals surface area contributed by atoms with Crippen LogP contribution in [-0.2, 0) is 47.6 Å². The largest absolute Gasteiger partial charge is 0.467 e. The highest BCUT2D eigenvalue weighted by molar-refractivity contribution is 5.77. The number of hydrogen-bond donors (Lipinski definition) is 0. The van der Waals surface area contributed by atoms with Crippen molar-refractivity contribution in [3.63, 3.8) is 0 Å². The Balaban J connectivity index is 1.98. The van der Waals surface area contributed by atoms with Crippen molar-refractivity contribution in [2.45, 2.75) is 97.6 Å². The van der Waals surface area contributed by atoms with Crippen LogP contribution in [0.3, 0.4) is 0 Å². The first kappa shape index (κ1) is 25.4. The Kier molecular flexibility index (Phi) is 7.10. The molecule has 186 valence electrons. The molecule has 33 heavy (non-hydrogen) atoms. The molecule has 0 radical (unpaired) electrons. The molecule has 2 aliphatic carbocycles. The SMILES string of the molecule is COC(=O)[C@H]1O[C@@H](O[C@@H]2C[C@@H]3CC[C@@]2(C)C3(C)C)[C@H](OC(C)=O)[C@@H](OC(C)=O)[C@@H]1OC(C)=O. The van der Waals surface area contributed by atoms with Gasteiger partial charge in [-0.1, -0.05) is 20.8 Å². The summed E-state index contributed by atoms with van der Waals surface area (Å²) >= 11 is 0. The van der Waals surface area contributed by atoms with Gasteiger partial charge >= 0.3 is 23.9 Å². The van der Waals surface area contributed by atoms with Crippen LogP contribution in [0, 0.1) is 16.7 Å². The van der Waals surface area contributed by atoms with Gasteiger partial charge < -0.3 is 28.4 Å². The van der Waals surface area contributed by atoms with Crippen molar-refractivity contribution in [3.8, 4) is 0 Å². The lowest BCUT2D eigenvalue weighted by Gasteiger charge is -2.46. The van der Waals surface area contributed by atoms with Gasteiger partial charge in [-0.25, -0.2) is 4.79 Å². The maximum atomic E-state index is 12.6. The Morgan fingerprint density at radius 1 is 0.848 bits per heavy atom. The minimum atomic E-state index is -1.44. The zero-order valence-corrected chi connectivity index (χ0v) is 20.2. The molecule has 3 fully saturated rings. The van der Waals surface area contributed by atoms with Gasteiger partial charge in [0.2, 0.25) is 0 Å². The van der Waals surface area contributed by atoms with Crippen molar-refractivity contribution < 1.29 is 47.6 Å². The Bertz CT molecular complexity index is 807. The van der Waals surface area contributed by atoms with Gasteiger partial charge in [0, 0.05) is 20.8 Å². The van der Waals surface area contributed by atoms with Crippen LogP contribution in [-0.4, -0.2) is 67.8 Å². The molecule has 3 rings (SSSR count). The standard InChI is InChI=1S/C23H34O10/c1-11(24)29-16-17(30-12(2)25)19(31-13(3)26)21(33-18(16)20(27)28-7)32-15-10-14-8-9-23(15,6)22(14,4)5/h14-19,21H,8-10H2,1-7H3/t14-,15+,16-,17-,18-,19+,21+,23+/m0/s1. The average molecular weight is 471 g/mol. The molecule has 0 aromatic heterocycles. The number of carbonyl (C=O) groups excluding carboxylic acids is 4. The Morgan fingerprint density at radius 3 is 1.85 bits per heavy atom. The fraction of sp³-hybridized carbons (Fsp3) is 0.826. The number of methoxy groups -OCH3 is 1. The summed E-state index contributed by atoms with van der Waals surface area (Å²) < 4.78 is 33.3. The summed E-state index contributed by atoms with van der Waals surface area (Å²) in [5, 5.41) is 0. The summed E-state index contributed by atoms with van der Waals surface area (Å²) in [6, 6.07) is 0. The summed E-state index contributed by atoms with van der Waals surface area (Å²) in [5.74, 6) is -2.51. The Hall–Kier alpha value is -2.20. The monoisotopic (exact) mass is 470 g/mol. The third-order valence-corrected chi connectivity index (χ3v) is 7.85. The van der Waals surface area contributed by atoms with Gasteiger partial charge in [-0.3, -0.25) is 14.4 Å². The van der Waals surface area contributed by atoms with Crippen LogP contribution in [0.15, 0.2) is 0 Å². The molecule has 0 aromatic rings. The van der Waals surface area contributed by atoms with Crippen molar-refractivity contribution in [2.75, 3.05) is 7.11 Å². The van der Waals surface area contributed by atoms with Gasteiger partial charge in [-0.15, -0.1) is 0 Å². The zero-order valence-electron chi connectivity index (χ0n) is 20.2. The van der Waals surface area contributed by atoms with Crippen LogP contribution in [0.5, 0.6) is 0 Å². The summed E-state index contributed by atoms with van der Waals surface area (Å²) in [5.41, 5.74) is -0.132. The molecule has 1 aliphatic heterocycles. The number of hydrogen-bond acceptors (Lipinski definition) is 10. The zero-order chi connectivity index (χ0) is 24.7. The van der Waals surface area contributed by atoms with E-state index in [4.69, 9.17) is 28.4 Å².